The molecule has 2 aromatic rings. The highest BCUT2D eigenvalue weighted by atomic mass is 35.5. The minimum Gasteiger partial charge on any atom is -0.344 e. The molecular weight excluding hydrogens is 253 g/mol. The zero-order valence-corrected chi connectivity index (χ0v) is 10.5. The molecule has 92 valence electrons. The maximum Gasteiger partial charge on any atom is 0.151 e. The number of halogens is 2. The van der Waals surface area contributed by atoms with E-state index in [4.69, 9.17) is 11.6 Å². The summed E-state index contributed by atoms with van der Waals surface area (Å²) in [4.78, 5) is 12.5. The molecule has 0 radical (unpaired) electrons. The van der Waals surface area contributed by atoms with Crippen LogP contribution in [0.2, 0.25) is 5.02 Å². The Balaban J connectivity index is 2.37. The fraction of sp³-hybridized carbons (Fsp3) is 0.0714. The molecule has 0 saturated heterocycles. The maximum atomic E-state index is 13.1. The van der Waals surface area contributed by atoms with E-state index in [-0.39, 0.29) is 5.82 Å². The van der Waals surface area contributed by atoms with Gasteiger partial charge in [0, 0.05) is 24.0 Å². The van der Waals surface area contributed by atoms with Gasteiger partial charge in [-0.2, -0.15) is 0 Å². The topological polar surface area (TPSA) is 20.3 Å². The van der Waals surface area contributed by atoms with E-state index in [1.807, 2.05) is 0 Å². The fourth-order valence-corrected chi connectivity index (χ4v) is 1.87. The van der Waals surface area contributed by atoms with Crippen LogP contribution in [0, 0.1) is 5.82 Å². The molecule has 0 heterocycles. The molecule has 0 unspecified atom stereocenters. The quantitative estimate of drug-likeness (QED) is 0.779. The van der Waals surface area contributed by atoms with Crippen LogP contribution in [0.3, 0.4) is 0 Å². The van der Waals surface area contributed by atoms with Crippen LogP contribution < -0.4 is 4.90 Å². The summed E-state index contributed by atoms with van der Waals surface area (Å²) in [7, 11) is 1.81. The second-order valence-corrected chi connectivity index (χ2v) is 4.27. The molecule has 0 aliphatic rings. The van der Waals surface area contributed by atoms with Gasteiger partial charge in [-0.1, -0.05) is 17.7 Å². The third-order valence-corrected chi connectivity index (χ3v) is 3.02. The van der Waals surface area contributed by atoms with E-state index >= 15 is 0 Å². The molecule has 0 atom stereocenters. The van der Waals surface area contributed by atoms with Crippen molar-refractivity contribution in [2.24, 2.45) is 0 Å². The van der Waals surface area contributed by atoms with Gasteiger partial charge in [-0.3, -0.25) is 4.79 Å². The third-order valence-electron chi connectivity index (χ3n) is 2.69. The van der Waals surface area contributed by atoms with Crippen LogP contribution in [0.4, 0.5) is 15.8 Å². The monoisotopic (exact) mass is 263 g/mol. The first-order chi connectivity index (χ1) is 8.61. The van der Waals surface area contributed by atoms with Crippen LogP contribution in [0.25, 0.3) is 0 Å². The SMILES string of the molecule is CN(c1cccc(F)c1)c1ccc(C=O)c(Cl)c1. The zero-order chi connectivity index (χ0) is 13.1. The third kappa shape index (κ3) is 2.51. The zero-order valence-electron chi connectivity index (χ0n) is 9.73. The number of nitrogens with zero attached hydrogens (tertiary/aromatic N) is 1. The number of benzene rings is 2. The highest BCUT2D eigenvalue weighted by Gasteiger charge is 2.07. The van der Waals surface area contributed by atoms with Gasteiger partial charge in [-0.25, -0.2) is 4.39 Å². The van der Waals surface area contributed by atoms with Crippen molar-refractivity contribution in [3.8, 4) is 0 Å². The summed E-state index contributed by atoms with van der Waals surface area (Å²) in [5.74, 6) is -0.296. The fourth-order valence-electron chi connectivity index (χ4n) is 1.65. The van der Waals surface area contributed by atoms with Gasteiger partial charge < -0.3 is 4.90 Å². The second kappa shape index (κ2) is 5.19. The Kier molecular flexibility index (Phi) is 3.63. The lowest BCUT2D eigenvalue weighted by Gasteiger charge is -2.20. The standard InChI is InChI=1S/C14H11ClFNO/c1-17(12-4-2-3-11(16)7-12)13-6-5-10(9-18)14(15)8-13/h2-9H,1H3. The van der Waals surface area contributed by atoms with Crippen molar-refractivity contribution in [2.45, 2.75) is 0 Å². The highest BCUT2D eigenvalue weighted by Crippen LogP contribution is 2.27. The van der Waals surface area contributed by atoms with Crippen LogP contribution in [0.1, 0.15) is 10.4 Å². The van der Waals surface area contributed by atoms with Crippen LogP contribution in [0.15, 0.2) is 42.5 Å². The van der Waals surface area contributed by atoms with Gasteiger partial charge in [0.1, 0.15) is 5.82 Å². The van der Waals surface area contributed by atoms with Crippen molar-refractivity contribution in [1.82, 2.24) is 0 Å². The van der Waals surface area contributed by atoms with Gasteiger partial charge in [-0.15, -0.1) is 0 Å². The lowest BCUT2D eigenvalue weighted by molar-refractivity contribution is 0.112. The lowest BCUT2D eigenvalue weighted by atomic mass is 10.2. The van der Waals surface area contributed by atoms with Crippen molar-refractivity contribution in [1.29, 1.82) is 0 Å². The molecule has 0 aromatic heterocycles. The first-order valence-electron chi connectivity index (χ1n) is 5.36. The summed E-state index contributed by atoms with van der Waals surface area (Å²) in [6.45, 7) is 0. The van der Waals surface area contributed by atoms with E-state index in [9.17, 15) is 9.18 Å². The Morgan fingerprint density at radius 2 is 1.89 bits per heavy atom. The molecule has 0 saturated carbocycles. The molecule has 0 amide bonds. The van der Waals surface area contributed by atoms with Crippen LogP contribution >= 0.6 is 11.6 Å². The number of hydrogen-bond acceptors (Lipinski definition) is 2. The number of carbonyl (C=O) groups is 1. The van der Waals surface area contributed by atoms with Crippen LogP contribution in [-0.4, -0.2) is 13.3 Å². The van der Waals surface area contributed by atoms with Crippen LogP contribution in [-0.2, 0) is 0 Å². The van der Waals surface area contributed by atoms with Crippen molar-refractivity contribution in [2.75, 3.05) is 11.9 Å². The Hall–Kier alpha value is -1.87. The number of carbonyl (C=O) groups excluding carboxylic acids is 1. The molecule has 2 rings (SSSR count). The minimum atomic E-state index is -0.296. The Morgan fingerprint density at radius 1 is 1.17 bits per heavy atom. The summed E-state index contributed by atoms with van der Waals surface area (Å²) < 4.78 is 13.1. The highest BCUT2D eigenvalue weighted by molar-refractivity contribution is 6.33. The van der Waals surface area contributed by atoms with Gasteiger partial charge >= 0.3 is 0 Å². The molecule has 0 N–H and O–H groups in total. The molecular formula is C14H11ClFNO. The van der Waals surface area contributed by atoms with Crippen molar-refractivity contribution < 1.29 is 9.18 Å². The molecule has 2 aromatic carbocycles. The smallest absolute Gasteiger partial charge is 0.151 e. The molecule has 18 heavy (non-hydrogen) atoms. The first-order valence-corrected chi connectivity index (χ1v) is 5.73. The Bertz CT molecular complexity index is 586. The van der Waals surface area contributed by atoms with Crippen molar-refractivity contribution in [3.63, 3.8) is 0 Å². The molecule has 0 fully saturated rings. The van der Waals surface area contributed by atoms with Gasteiger partial charge in [0.2, 0.25) is 0 Å². The number of hydrogen-bond donors (Lipinski definition) is 0. The van der Waals surface area contributed by atoms with Crippen molar-refractivity contribution >= 4 is 29.3 Å². The maximum absolute atomic E-state index is 13.1. The van der Waals surface area contributed by atoms with E-state index in [0.29, 0.717) is 22.6 Å². The number of aldehydes is 1. The van der Waals surface area contributed by atoms with Crippen molar-refractivity contribution in [3.05, 3.63) is 58.9 Å². The van der Waals surface area contributed by atoms with E-state index in [0.717, 1.165) is 5.69 Å². The average molecular weight is 264 g/mol. The van der Waals surface area contributed by atoms with Gasteiger partial charge in [0.25, 0.3) is 0 Å². The first kappa shape index (κ1) is 12.6. The molecule has 0 aliphatic heterocycles. The van der Waals surface area contributed by atoms with Gasteiger partial charge in [-0.05, 0) is 36.4 Å². The Morgan fingerprint density at radius 3 is 2.50 bits per heavy atom. The normalized spacial score (nSPS) is 10.2. The van der Waals surface area contributed by atoms with E-state index in [1.54, 1.807) is 42.3 Å². The summed E-state index contributed by atoms with van der Waals surface area (Å²) in [6, 6.07) is 11.3. The predicted molar refractivity (Wildman–Crippen MR) is 71.3 cm³/mol. The Labute approximate surface area is 110 Å². The summed E-state index contributed by atoms with van der Waals surface area (Å²) >= 11 is 5.96. The van der Waals surface area contributed by atoms with E-state index in [1.165, 1.54) is 12.1 Å². The summed E-state index contributed by atoms with van der Waals surface area (Å²) in [5, 5.41) is 0.380. The predicted octanol–water partition coefficient (Wildman–Crippen LogP) is 4.06. The second-order valence-electron chi connectivity index (χ2n) is 3.86. The van der Waals surface area contributed by atoms with Gasteiger partial charge in [0.05, 0.1) is 5.02 Å². The van der Waals surface area contributed by atoms with E-state index < -0.39 is 0 Å². The minimum absolute atomic E-state index is 0.296. The number of anilines is 2. The van der Waals surface area contributed by atoms with E-state index in [2.05, 4.69) is 0 Å². The lowest BCUT2D eigenvalue weighted by Crippen LogP contribution is -2.09. The largest absolute Gasteiger partial charge is 0.344 e. The van der Waals surface area contributed by atoms with Gasteiger partial charge in [0.15, 0.2) is 6.29 Å². The number of rotatable bonds is 3. The molecule has 0 bridgehead atoms. The molecule has 2 nitrogen and oxygen atoms in total. The molecule has 4 heteroatoms. The molecule has 0 aliphatic carbocycles. The summed E-state index contributed by atoms with van der Waals surface area (Å²) in [6.07, 6.45) is 0.703. The summed E-state index contributed by atoms with van der Waals surface area (Å²) in [5.41, 5.74) is 1.94. The van der Waals surface area contributed by atoms with Crippen LogP contribution in [0.5, 0.6) is 0 Å². The molecule has 0 spiro atoms. The average Bonchev–Trinajstić information content (AvgIpc) is 2.37.